The number of aliphatic hydroxyl groups is 1. The Morgan fingerprint density at radius 1 is 1.00 bits per heavy atom. The summed E-state index contributed by atoms with van der Waals surface area (Å²) in [5, 5.41) is 16.5. The van der Waals surface area contributed by atoms with Crippen molar-refractivity contribution in [2.45, 2.75) is 26.2 Å². The summed E-state index contributed by atoms with van der Waals surface area (Å²) >= 11 is 6.17. The number of hydrogen-bond donors (Lipinski definition) is 3. The van der Waals surface area contributed by atoms with Crippen LogP contribution >= 0.6 is 11.6 Å². The number of halogens is 1. The molecule has 0 aliphatic carbocycles. The fourth-order valence-electron chi connectivity index (χ4n) is 2.27. The first-order chi connectivity index (χ1) is 11.7. The molecule has 0 aliphatic rings. The molecule has 0 saturated heterocycles. The summed E-state index contributed by atoms with van der Waals surface area (Å²) in [5.41, 5.74) is 2.09. The first kappa shape index (κ1) is 18.7. The minimum atomic E-state index is -0.316. The van der Waals surface area contributed by atoms with Crippen LogP contribution in [0, 0.1) is 0 Å². The molecule has 24 heavy (non-hydrogen) atoms. The Bertz CT molecular complexity index is 620. The van der Waals surface area contributed by atoms with Gasteiger partial charge in [0.25, 0.3) is 0 Å². The van der Waals surface area contributed by atoms with E-state index in [1.54, 1.807) is 6.92 Å². The highest BCUT2D eigenvalue weighted by Gasteiger charge is 2.05. The lowest BCUT2D eigenvalue weighted by molar-refractivity contribution is 0.191. The molecule has 1 atom stereocenters. The summed E-state index contributed by atoms with van der Waals surface area (Å²) in [6, 6.07) is 15.7. The van der Waals surface area contributed by atoms with Crippen molar-refractivity contribution in [3.63, 3.8) is 0 Å². The molecule has 2 aromatic rings. The maximum Gasteiger partial charge on any atom is 0.124 e. The van der Waals surface area contributed by atoms with Gasteiger partial charge in [0.05, 0.1) is 6.10 Å². The van der Waals surface area contributed by atoms with Crippen LogP contribution in [0.25, 0.3) is 0 Å². The van der Waals surface area contributed by atoms with E-state index in [9.17, 15) is 5.11 Å². The molecule has 0 spiro atoms. The molecule has 0 aliphatic heterocycles. The zero-order chi connectivity index (χ0) is 17.2. The predicted molar refractivity (Wildman–Crippen MR) is 98.5 cm³/mol. The molecule has 0 saturated carbocycles. The van der Waals surface area contributed by atoms with Crippen LogP contribution in [0.2, 0.25) is 5.02 Å². The Labute approximate surface area is 148 Å². The van der Waals surface area contributed by atoms with Gasteiger partial charge in [-0.1, -0.05) is 48.0 Å². The summed E-state index contributed by atoms with van der Waals surface area (Å²) < 4.78 is 5.94. The van der Waals surface area contributed by atoms with Crippen molar-refractivity contribution >= 4 is 11.6 Å². The number of aliphatic hydroxyl groups excluding tert-OH is 1. The fourth-order valence-corrected chi connectivity index (χ4v) is 2.46. The topological polar surface area (TPSA) is 53.5 Å². The van der Waals surface area contributed by atoms with E-state index < -0.39 is 0 Å². The molecule has 2 aromatic carbocycles. The molecule has 2 rings (SSSR count). The van der Waals surface area contributed by atoms with E-state index in [0.717, 1.165) is 41.5 Å². The third-order valence-corrected chi connectivity index (χ3v) is 3.92. The van der Waals surface area contributed by atoms with Gasteiger partial charge in [-0.15, -0.1) is 0 Å². The molecule has 5 heteroatoms. The van der Waals surface area contributed by atoms with Gasteiger partial charge in [-0.3, -0.25) is 0 Å². The van der Waals surface area contributed by atoms with Gasteiger partial charge in [-0.25, -0.2) is 0 Å². The molecule has 1 unspecified atom stereocenters. The third-order valence-electron chi connectivity index (χ3n) is 3.55. The number of benzene rings is 2. The molecular formula is C19H25ClN2O2. The Hall–Kier alpha value is -1.59. The molecule has 0 bridgehead atoms. The Morgan fingerprint density at radius 2 is 1.67 bits per heavy atom. The zero-order valence-corrected chi connectivity index (χ0v) is 14.7. The highest BCUT2D eigenvalue weighted by Crippen LogP contribution is 2.21. The van der Waals surface area contributed by atoms with Crippen LogP contribution in [0.1, 0.15) is 18.1 Å². The summed E-state index contributed by atoms with van der Waals surface area (Å²) in [6.45, 7) is 5.20. The van der Waals surface area contributed by atoms with Crippen LogP contribution in [-0.2, 0) is 13.2 Å². The third kappa shape index (κ3) is 6.49. The van der Waals surface area contributed by atoms with E-state index in [2.05, 4.69) is 16.7 Å². The van der Waals surface area contributed by atoms with Gasteiger partial charge >= 0.3 is 0 Å². The average molecular weight is 349 g/mol. The lowest BCUT2D eigenvalue weighted by atomic mass is 10.2. The summed E-state index contributed by atoms with van der Waals surface area (Å²) in [6.07, 6.45) is -0.316. The van der Waals surface area contributed by atoms with Crippen molar-refractivity contribution in [3.8, 4) is 5.75 Å². The van der Waals surface area contributed by atoms with Gasteiger partial charge in [0.15, 0.2) is 0 Å². The highest BCUT2D eigenvalue weighted by atomic mass is 35.5. The average Bonchev–Trinajstić information content (AvgIpc) is 2.58. The van der Waals surface area contributed by atoms with Gasteiger partial charge in [0.2, 0.25) is 0 Å². The van der Waals surface area contributed by atoms with Crippen molar-refractivity contribution in [1.82, 2.24) is 10.6 Å². The largest absolute Gasteiger partial charge is 0.489 e. The molecule has 0 heterocycles. The van der Waals surface area contributed by atoms with Crippen LogP contribution < -0.4 is 15.4 Å². The second-order valence-corrected chi connectivity index (χ2v) is 6.12. The van der Waals surface area contributed by atoms with Crippen LogP contribution in [0.15, 0.2) is 48.5 Å². The van der Waals surface area contributed by atoms with E-state index in [-0.39, 0.29) is 6.10 Å². The van der Waals surface area contributed by atoms with Gasteiger partial charge in [-0.2, -0.15) is 0 Å². The van der Waals surface area contributed by atoms with Gasteiger partial charge in [0, 0.05) is 42.3 Å². The van der Waals surface area contributed by atoms with Crippen molar-refractivity contribution in [1.29, 1.82) is 0 Å². The minimum absolute atomic E-state index is 0.316. The van der Waals surface area contributed by atoms with Crippen molar-refractivity contribution in [2.24, 2.45) is 0 Å². The van der Waals surface area contributed by atoms with E-state index >= 15 is 0 Å². The molecule has 130 valence electrons. The van der Waals surface area contributed by atoms with E-state index in [4.69, 9.17) is 16.3 Å². The maximum atomic E-state index is 9.19. The fraction of sp³-hybridized carbons (Fsp3) is 0.368. The predicted octanol–water partition coefficient (Wildman–Crippen LogP) is 2.98. The normalized spacial score (nSPS) is 12.1. The molecule has 0 aromatic heterocycles. The lowest BCUT2D eigenvalue weighted by Gasteiger charge is -2.13. The highest BCUT2D eigenvalue weighted by molar-refractivity contribution is 6.31. The van der Waals surface area contributed by atoms with Crippen molar-refractivity contribution in [3.05, 3.63) is 64.7 Å². The SMILES string of the molecule is CC(O)CNCCNCc1ccccc1OCc1ccccc1Cl. The number of hydrogen-bond acceptors (Lipinski definition) is 4. The monoisotopic (exact) mass is 348 g/mol. The molecule has 0 fully saturated rings. The smallest absolute Gasteiger partial charge is 0.124 e. The second-order valence-electron chi connectivity index (χ2n) is 5.72. The standard InChI is InChI=1S/C19H25ClN2O2/c1-15(23)12-21-10-11-22-13-16-6-3-5-9-19(16)24-14-17-7-2-4-8-18(17)20/h2-9,15,21-23H,10-14H2,1H3. The van der Waals surface area contributed by atoms with E-state index in [0.29, 0.717) is 13.2 Å². The number of nitrogens with one attached hydrogen (secondary N) is 2. The molecule has 3 N–H and O–H groups in total. The quantitative estimate of drug-likeness (QED) is 0.578. The van der Waals surface area contributed by atoms with Crippen molar-refractivity contribution in [2.75, 3.05) is 19.6 Å². The molecular weight excluding hydrogens is 324 g/mol. The first-order valence-electron chi connectivity index (χ1n) is 8.20. The minimum Gasteiger partial charge on any atom is -0.489 e. The van der Waals surface area contributed by atoms with Gasteiger partial charge < -0.3 is 20.5 Å². The number of rotatable bonds is 10. The number of ether oxygens (including phenoxy) is 1. The molecule has 0 radical (unpaired) electrons. The molecule has 4 nitrogen and oxygen atoms in total. The van der Waals surface area contributed by atoms with Crippen LogP contribution in [0.4, 0.5) is 0 Å². The summed E-state index contributed by atoms with van der Waals surface area (Å²) in [5.74, 6) is 0.863. The maximum absolute atomic E-state index is 9.19. The summed E-state index contributed by atoms with van der Waals surface area (Å²) in [4.78, 5) is 0. The van der Waals surface area contributed by atoms with E-state index in [1.807, 2.05) is 42.5 Å². The zero-order valence-electron chi connectivity index (χ0n) is 14.0. The first-order valence-corrected chi connectivity index (χ1v) is 8.58. The van der Waals surface area contributed by atoms with Gasteiger partial charge in [-0.05, 0) is 19.1 Å². The lowest BCUT2D eigenvalue weighted by Crippen LogP contribution is -2.31. The van der Waals surface area contributed by atoms with Gasteiger partial charge in [0.1, 0.15) is 12.4 Å². The Balaban J connectivity index is 1.80. The second kappa shape index (κ2) is 10.3. The molecule has 0 amide bonds. The number of para-hydroxylation sites is 1. The van der Waals surface area contributed by atoms with Crippen molar-refractivity contribution < 1.29 is 9.84 Å². The van der Waals surface area contributed by atoms with Crippen LogP contribution in [0.5, 0.6) is 5.75 Å². The Morgan fingerprint density at radius 3 is 2.42 bits per heavy atom. The van der Waals surface area contributed by atoms with Crippen LogP contribution in [-0.4, -0.2) is 30.8 Å². The van der Waals surface area contributed by atoms with E-state index in [1.165, 1.54) is 0 Å². The summed E-state index contributed by atoms with van der Waals surface area (Å²) in [7, 11) is 0. The van der Waals surface area contributed by atoms with Crippen LogP contribution in [0.3, 0.4) is 0 Å². The Kier molecular flexibility index (Phi) is 8.05.